The van der Waals surface area contributed by atoms with Crippen LogP contribution in [0.15, 0.2) is 0 Å². The summed E-state index contributed by atoms with van der Waals surface area (Å²) >= 11 is 0. The van der Waals surface area contributed by atoms with E-state index in [2.05, 4.69) is 0 Å². The Bertz CT molecular complexity index is 89.3. The van der Waals surface area contributed by atoms with Crippen LogP contribution in [0, 0.1) is 0 Å². The Morgan fingerprint density at radius 1 is 1.21 bits per heavy atom. The zero-order valence-electron chi connectivity index (χ0n) is 9.23. The van der Waals surface area contributed by atoms with E-state index in [1.807, 2.05) is 6.92 Å². The first kappa shape index (κ1) is 16.2. The highest BCUT2D eigenvalue weighted by Gasteiger charge is 2.01. The van der Waals surface area contributed by atoms with Crippen LogP contribution in [0.4, 0.5) is 0 Å². The van der Waals surface area contributed by atoms with Gasteiger partial charge in [-0.15, -0.1) is 0 Å². The van der Waals surface area contributed by atoms with Gasteiger partial charge in [-0.3, -0.25) is 0 Å². The molecule has 0 amide bonds. The van der Waals surface area contributed by atoms with Gasteiger partial charge in [-0.2, -0.15) is 0 Å². The first-order valence-corrected chi connectivity index (χ1v) is 4.70. The van der Waals surface area contributed by atoms with Crippen LogP contribution in [0.5, 0.6) is 0 Å². The molecule has 1 unspecified atom stereocenters. The summed E-state index contributed by atoms with van der Waals surface area (Å²) in [5, 5.41) is 16.6. The Morgan fingerprint density at radius 3 is 2.21 bits per heavy atom. The van der Waals surface area contributed by atoms with Crippen LogP contribution < -0.4 is 0 Å². The molecular formula is C9H22O5. The van der Waals surface area contributed by atoms with Gasteiger partial charge in [-0.25, -0.2) is 0 Å². The minimum Gasteiger partial charge on any atom is -0.397 e. The highest BCUT2D eigenvalue weighted by atomic mass is 16.6. The zero-order chi connectivity index (χ0) is 11.2. The Kier molecular flexibility index (Phi) is 17.7. The van der Waals surface area contributed by atoms with E-state index in [1.165, 1.54) is 0 Å². The lowest BCUT2D eigenvalue weighted by Crippen LogP contribution is -2.21. The van der Waals surface area contributed by atoms with Gasteiger partial charge in [-0.05, 0) is 13.8 Å². The van der Waals surface area contributed by atoms with E-state index in [0.29, 0.717) is 19.8 Å². The van der Waals surface area contributed by atoms with Crippen molar-refractivity contribution in [3.05, 3.63) is 0 Å². The highest BCUT2D eigenvalue weighted by Crippen LogP contribution is 1.88. The van der Waals surface area contributed by atoms with Crippen molar-refractivity contribution in [3.8, 4) is 0 Å². The molecule has 2 N–H and O–H groups in total. The number of hydrogen-bond donors (Lipinski definition) is 2. The second-order valence-electron chi connectivity index (χ2n) is 2.29. The maximum absolute atomic E-state index is 9.00. The summed E-state index contributed by atoms with van der Waals surface area (Å²) in [6.45, 7) is 5.49. The van der Waals surface area contributed by atoms with E-state index in [9.17, 15) is 0 Å². The third-order valence-electron chi connectivity index (χ3n) is 1.06. The van der Waals surface area contributed by atoms with Gasteiger partial charge in [0.1, 0.15) is 0 Å². The molecule has 0 aromatic heterocycles. The van der Waals surface area contributed by atoms with Crippen LogP contribution in [0.1, 0.15) is 13.8 Å². The smallest absolute Gasteiger partial charge is 0.178 e. The number of aliphatic hydroxyl groups excluding tert-OH is 2. The number of methoxy groups -OCH3 is 1. The van der Waals surface area contributed by atoms with E-state index < -0.39 is 6.29 Å². The molecule has 5 nitrogen and oxygen atoms in total. The summed E-state index contributed by atoms with van der Waals surface area (Å²) in [4.78, 5) is 0. The largest absolute Gasteiger partial charge is 0.397 e. The summed E-state index contributed by atoms with van der Waals surface area (Å²) in [6, 6.07) is 0. The highest BCUT2D eigenvalue weighted by molar-refractivity contribution is 4.36. The Morgan fingerprint density at radius 2 is 1.79 bits per heavy atom. The predicted molar refractivity (Wildman–Crippen MR) is 53.1 cm³/mol. The predicted octanol–water partition coefficient (Wildman–Crippen LogP) is 0.00290. The van der Waals surface area contributed by atoms with Gasteiger partial charge >= 0.3 is 0 Å². The topological polar surface area (TPSA) is 68.2 Å². The average molecular weight is 210 g/mol. The van der Waals surface area contributed by atoms with Crippen molar-refractivity contribution < 1.29 is 24.4 Å². The number of rotatable bonds is 7. The Hall–Kier alpha value is -0.200. The summed E-state index contributed by atoms with van der Waals surface area (Å²) in [7, 11) is 1.58. The van der Waals surface area contributed by atoms with Crippen LogP contribution in [-0.4, -0.2) is 56.6 Å². The molecule has 5 heteroatoms. The standard InChI is InChI=1S/C7H16O4.C2H6O/c1-3-10-6-7(8)11-5-4-9-2;1-2-3/h7-8H,3-6H2,1-2H3;3H,2H2,1H3. The lowest BCUT2D eigenvalue weighted by atomic mass is 10.6. The van der Waals surface area contributed by atoms with Crippen LogP contribution >= 0.6 is 0 Å². The summed E-state index contributed by atoms with van der Waals surface area (Å²) in [5.74, 6) is 0. The van der Waals surface area contributed by atoms with Crippen molar-refractivity contribution >= 4 is 0 Å². The van der Waals surface area contributed by atoms with Gasteiger partial charge in [0.05, 0.1) is 19.8 Å². The number of aliphatic hydroxyl groups is 2. The summed E-state index contributed by atoms with van der Waals surface area (Å²) in [5.41, 5.74) is 0. The van der Waals surface area contributed by atoms with E-state index in [4.69, 9.17) is 24.4 Å². The van der Waals surface area contributed by atoms with E-state index in [0.717, 1.165) is 0 Å². The SMILES string of the molecule is CCO.CCOCC(O)OCCOC. The lowest BCUT2D eigenvalue weighted by molar-refractivity contribution is -0.143. The molecule has 0 saturated heterocycles. The van der Waals surface area contributed by atoms with Crippen molar-refractivity contribution in [3.63, 3.8) is 0 Å². The minimum atomic E-state index is -0.829. The van der Waals surface area contributed by atoms with Gasteiger partial charge < -0.3 is 24.4 Å². The Balaban J connectivity index is 0. The molecule has 0 rings (SSSR count). The molecule has 0 aliphatic rings. The first-order valence-electron chi connectivity index (χ1n) is 4.70. The first-order chi connectivity index (χ1) is 6.72. The molecule has 0 aromatic rings. The van der Waals surface area contributed by atoms with E-state index in [-0.39, 0.29) is 13.2 Å². The van der Waals surface area contributed by atoms with E-state index in [1.54, 1.807) is 14.0 Å². The summed E-state index contributed by atoms with van der Waals surface area (Å²) < 4.78 is 14.5. The van der Waals surface area contributed by atoms with Crippen LogP contribution in [0.25, 0.3) is 0 Å². The summed E-state index contributed by atoms with van der Waals surface area (Å²) in [6.07, 6.45) is -0.829. The third kappa shape index (κ3) is 17.8. The van der Waals surface area contributed by atoms with Crippen LogP contribution in [0.3, 0.4) is 0 Å². The fourth-order valence-electron chi connectivity index (χ4n) is 0.534. The van der Waals surface area contributed by atoms with Gasteiger partial charge in [0.2, 0.25) is 0 Å². The molecule has 0 fully saturated rings. The second-order valence-corrected chi connectivity index (χ2v) is 2.29. The van der Waals surface area contributed by atoms with E-state index >= 15 is 0 Å². The molecule has 88 valence electrons. The molecule has 0 bridgehead atoms. The molecule has 14 heavy (non-hydrogen) atoms. The van der Waals surface area contributed by atoms with Crippen molar-refractivity contribution in [2.45, 2.75) is 20.1 Å². The maximum Gasteiger partial charge on any atom is 0.178 e. The molecular weight excluding hydrogens is 188 g/mol. The zero-order valence-corrected chi connectivity index (χ0v) is 9.23. The van der Waals surface area contributed by atoms with Gasteiger partial charge in [0.25, 0.3) is 0 Å². The quantitative estimate of drug-likeness (QED) is 0.457. The monoisotopic (exact) mass is 210 g/mol. The van der Waals surface area contributed by atoms with Crippen LogP contribution in [0.2, 0.25) is 0 Å². The molecule has 0 saturated carbocycles. The Labute approximate surface area is 85.6 Å². The average Bonchev–Trinajstić information content (AvgIpc) is 2.16. The second kappa shape index (κ2) is 15.3. The number of hydrogen-bond acceptors (Lipinski definition) is 5. The molecule has 0 heterocycles. The lowest BCUT2D eigenvalue weighted by Gasteiger charge is -2.10. The third-order valence-corrected chi connectivity index (χ3v) is 1.06. The molecule has 1 atom stereocenters. The number of ether oxygens (including phenoxy) is 3. The molecule has 0 aromatic carbocycles. The normalized spacial score (nSPS) is 11.8. The van der Waals surface area contributed by atoms with Gasteiger partial charge in [0, 0.05) is 20.3 Å². The van der Waals surface area contributed by atoms with Crippen LogP contribution in [-0.2, 0) is 14.2 Å². The van der Waals surface area contributed by atoms with Gasteiger partial charge in [-0.1, -0.05) is 0 Å². The van der Waals surface area contributed by atoms with Crippen molar-refractivity contribution in [2.75, 3.05) is 40.1 Å². The molecule has 0 radical (unpaired) electrons. The molecule has 0 spiro atoms. The minimum absolute atomic E-state index is 0.222. The van der Waals surface area contributed by atoms with Crippen molar-refractivity contribution in [2.24, 2.45) is 0 Å². The van der Waals surface area contributed by atoms with Crippen molar-refractivity contribution in [1.29, 1.82) is 0 Å². The van der Waals surface area contributed by atoms with Gasteiger partial charge in [0.15, 0.2) is 6.29 Å². The fourth-order valence-corrected chi connectivity index (χ4v) is 0.534. The maximum atomic E-state index is 9.00. The molecule has 0 aliphatic carbocycles. The molecule has 0 aliphatic heterocycles. The fraction of sp³-hybridized carbons (Fsp3) is 1.00. The van der Waals surface area contributed by atoms with Crippen molar-refractivity contribution in [1.82, 2.24) is 0 Å².